The Morgan fingerprint density at radius 3 is 3.21 bits per heavy atom. The van der Waals surface area contributed by atoms with E-state index in [0.717, 1.165) is 5.57 Å². The second-order valence-corrected chi connectivity index (χ2v) is 3.52. The Morgan fingerprint density at radius 2 is 2.50 bits per heavy atom. The lowest BCUT2D eigenvalue weighted by molar-refractivity contribution is -0.144. The van der Waals surface area contributed by atoms with Gasteiger partial charge >= 0.3 is 5.97 Å². The Balaban J connectivity index is 2.10. The van der Waals surface area contributed by atoms with Gasteiger partial charge in [0.25, 0.3) is 0 Å². The van der Waals surface area contributed by atoms with Crippen LogP contribution in [0.5, 0.6) is 0 Å². The van der Waals surface area contributed by atoms with Crippen molar-refractivity contribution in [2.75, 3.05) is 13.2 Å². The zero-order valence-electron chi connectivity index (χ0n) is 8.08. The Bertz CT molecular complexity index is 308. The van der Waals surface area contributed by atoms with Crippen LogP contribution in [-0.4, -0.2) is 30.9 Å². The molecule has 1 heterocycles. The fraction of sp³-hybridized carbons (Fsp3) is 0.600. The maximum Gasteiger partial charge on any atom is 0.327 e. The standard InChI is InChI=1S/C10H13NO3/c1-2-14-10(13)9-6-3-4-8(12)7(6)5-11-9/h3,7,9,11H,2,4-5H2,1H3. The van der Waals surface area contributed by atoms with Crippen molar-refractivity contribution in [1.29, 1.82) is 0 Å². The van der Waals surface area contributed by atoms with Crippen LogP contribution in [0.1, 0.15) is 13.3 Å². The summed E-state index contributed by atoms with van der Waals surface area (Å²) in [6.45, 7) is 2.73. The molecule has 0 spiro atoms. The molecular weight excluding hydrogens is 182 g/mol. The van der Waals surface area contributed by atoms with Crippen LogP contribution in [0.2, 0.25) is 0 Å². The molecule has 2 unspecified atom stereocenters. The molecule has 2 atom stereocenters. The summed E-state index contributed by atoms with van der Waals surface area (Å²) >= 11 is 0. The van der Waals surface area contributed by atoms with E-state index in [1.54, 1.807) is 6.92 Å². The van der Waals surface area contributed by atoms with Crippen LogP contribution >= 0.6 is 0 Å². The van der Waals surface area contributed by atoms with Gasteiger partial charge in [0.05, 0.1) is 12.5 Å². The molecule has 76 valence electrons. The van der Waals surface area contributed by atoms with E-state index in [4.69, 9.17) is 4.74 Å². The van der Waals surface area contributed by atoms with Gasteiger partial charge in [0.2, 0.25) is 0 Å². The topological polar surface area (TPSA) is 55.4 Å². The minimum atomic E-state index is -0.383. The van der Waals surface area contributed by atoms with Crippen molar-refractivity contribution in [3.63, 3.8) is 0 Å². The third kappa shape index (κ3) is 1.35. The second-order valence-electron chi connectivity index (χ2n) is 3.52. The average molecular weight is 195 g/mol. The number of hydrogen-bond donors (Lipinski definition) is 1. The largest absolute Gasteiger partial charge is 0.465 e. The molecule has 1 aliphatic carbocycles. The molecule has 1 saturated heterocycles. The summed E-state index contributed by atoms with van der Waals surface area (Å²) in [6, 6.07) is -0.383. The van der Waals surface area contributed by atoms with Crippen molar-refractivity contribution in [3.8, 4) is 0 Å². The quantitative estimate of drug-likeness (QED) is 0.499. The second kappa shape index (κ2) is 3.53. The summed E-state index contributed by atoms with van der Waals surface area (Å²) in [7, 11) is 0. The summed E-state index contributed by atoms with van der Waals surface area (Å²) in [5.41, 5.74) is 0.911. The van der Waals surface area contributed by atoms with E-state index < -0.39 is 0 Å². The smallest absolute Gasteiger partial charge is 0.327 e. The highest BCUT2D eigenvalue weighted by atomic mass is 16.5. The van der Waals surface area contributed by atoms with Gasteiger partial charge in [0.15, 0.2) is 0 Å². The molecule has 1 fully saturated rings. The number of allylic oxidation sites excluding steroid dienone is 1. The molecule has 0 aromatic rings. The molecular formula is C10H13NO3. The van der Waals surface area contributed by atoms with E-state index in [2.05, 4.69) is 5.32 Å². The normalized spacial score (nSPS) is 30.1. The van der Waals surface area contributed by atoms with E-state index in [9.17, 15) is 9.59 Å². The predicted octanol–water partition coefficient (Wildman–Crippen LogP) is 0.0367. The number of fused-ring (bicyclic) bond motifs is 1. The maximum absolute atomic E-state index is 11.5. The fourth-order valence-electron chi connectivity index (χ4n) is 2.04. The average Bonchev–Trinajstić information content (AvgIpc) is 2.69. The van der Waals surface area contributed by atoms with Gasteiger partial charge in [-0.15, -0.1) is 0 Å². The summed E-state index contributed by atoms with van der Waals surface area (Å²) in [5, 5.41) is 3.01. The molecule has 1 N–H and O–H groups in total. The molecule has 0 aromatic heterocycles. The Labute approximate surface area is 82.3 Å². The molecule has 2 aliphatic rings. The van der Waals surface area contributed by atoms with Crippen molar-refractivity contribution in [2.45, 2.75) is 19.4 Å². The van der Waals surface area contributed by atoms with Crippen molar-refractivity contribution in [1.82, 2.24) is 5.32 Å². The fourth-order valence-corrected chi connectivity index (χ4v) is 2.04. The van der Waals surface area contributed by atoms with Gasteiger partial charge in [-0.2, -0.15) is 0 Å². The minimum Gasteiger partial charge on any atom is -0.465 e. The molecule has 0 bridgehead atoms. The van der Waals surface area contributed by atoms with Crippen LogP contribution in [0.15, 0.2) is 11.6 Å². The molecule has 0 saturated carbocycles. The van der Waals surface area contributed by atoms with Crippen LogP contribution in [0, 0.1) is 5.92 Å². The number of Topliss-reactive ketones (excluding diaryl/α,β-unsaturated/α-hetero) is 1. The molecule has 1 aliphatic heterocycles. The number of esters is 1. The molecule has 4 heteroatoms. The SMILES string of the molecule is CCOC(=O)C1NCC2C(=O)CC=C21. The Morgan fingerprint density at radius 1 is 1.71 bits per heavy atom. The van der Waals surface area contributed by atoms with E-state index in [1.165, 1.54) is 0 Å². The number of ketones is 1. The summed E-state index contributed by atoms with van der Waals surface area (Å²) in [4.78, 5) is 22.8. The van der Waals surface area contributed by atoms with Crippen molar-refractivity contribution < 1.29 is 14.3 Å². The zero-order chi connectivity index (χ0) is 10.1. The van der Waals surface area contributed by atoms with Gasteiger partial charge in [-0.1, -0.05) is 6.08 Å². The van der Waals surface area contributed by atoms with Crippen LogP contribution in [0.25, 0.3) is 0 Å². The van der Waals surface area contributed by atoms with Gasteiger partial charge in [-0.3, -0.25) is 10.1 Å². The van der Waals surface area contributed by atoms with Gasteiger partial charge in [0.1, 0.15) is 11.8 Å². The van der Waals surface area contributed by atoms with E-state index in [0.29, 0.717) is 19.6 Å². The first-order valence-electron chi connectivity index (χ1n) is 4.86. The maximum atomic E-state index is 11.5. The third-order valence-electron chi connectivity index (χ3n) is 2.71. The van der Waals surface area contributed by atoms with Crippen LogP contribution < -0.4 is 5.32 Å². The summed E-state index contributed by atoms with van der Waals surface area (Å²) in [6.07, 6.45) is 2.33. The van der Waals surface area contributed by atoms with E-state index in [1.807, 2.05) is 6.08 Å². The minimum absolute atomic E-state index is 0.0793. The third-order valence-corrected chi connectivity index (χ3v) is 2.71. The highest BCUT2D eigenvalue weighted by molar-refractivity contribution is 5.93. The highest BCUT2D eigenvalue weighted by Gasteiger charge is 2.41. The van der Waals surface area contributed by atoms with Gasteiger partial charge < -0.3 is 4.74 Å². The van der Waals surface area contributed by atoms with Crippen molar-refractivity contribution in [3.05, 3.63) is 11.6 Å². The molecule has 0 amide bonds. The van der Waals surface area contributed by atoms with Crippen molar-refractivity contribution in [2.24, 2.45) is 5.92 Å². The lowest BCUT2D eigenvalue weighted by Crippen LogP contribution is -2.33. The van der Waals surface area contributed by atoms with Gasteiger partial charge in [0, 0.05) is 13.0 Å². The van der Waals surface area contributed by atoms with Crippen LogP contribution in [0.4, 0.5) is 0 Å². The monoisotopic (exact) mass is 195 g/mol. The first-order valence-corrected chi connectivity index (χ1v) is 4.86. The molecule has 0 radical (unpaired) electrons. The summed E-state index contributed by atoms with van der Waals surface area (Å²) < 4.78 is 4.92. The summed E-state index contributed by atoms with van der Waals surface area (Å²) in [5.74, 6) is -0.139. The van der Waals surface area contributed by atoms with Gasteiger partial charge in [-0.25, -0.2) is 4.79 Å². The number of rotatable bonds is 2. The first kappa shape index (κ1) is 9.40. The van der Waals surface area contributed by atoms with E-state index in [-0.39, 0.29) is 23.7 Å². The predicted molar refractivity (Wildman–Crippen MR) is 49.6 cm³/mol. The first-order chi connectivity index (χ1) is 6.74. The number of ether oxygens (including phenoxy) is 1. The number of carbonyl (C=O) groups excluding carboxylic acids is 2. The van der Waals surface area contributed by atoms with Gasteiger partial charge in [-0.05, 0) is 12.5 Å². The Kier molecular flexibility index (Phi) is 2.37. The molecule has 14 heavy (non-hydrogen) atoms. The number of nitrogens with one attached hydrogen (secondary N) is 1. The van der Waals surface area contributed by atoms with Crippen molar-refractivity contribution >= 4 is 11.8 Å². The molecule has 2 rings (SSSR count). The lowest BCUT2D eigenvalue weighted by atomic mass is 10.0. The highest BCUT2D eigenvalue weighted by Crippen LogP contribution is 2.30. The zero-order valence-corrected chi connectivity index (χ0v) is 8.08. The number of carbonyl (C=O) groups is 2. The van der Waals surface area contributed by atoms with Crippen LogP contribution in [-0.2, 0) is 14.3 Å². The molecule has 0 aromatic carbocycles. The lowest BCUT2D eigenvalue weighted by Gasteiger charge is -2.10. The van der Waals surface area contributed by atoms with Crippen LogP contribution in [0.3, 0.4) is 0 Å². The molecule has 4 nitrogen and oxygen atoms in total. The van der Waals surface area contributed by atoms with E-state index >= 15 is 0 Å². The Hall–Kier alpha value is -1.16. The number of hydrogen-bond acceptors (Lipinski definition) is 4.